The van der Waals surface area contributed by atoms with Crippen LogP contribution in [0, 0.1) is 0 Å². The topological polar surface area (TPSA) is 64.6 Å². The predicted molar refractivity (Wildman–Crippen MR) is 180 cm³/mol. The van der Waals surface area contributed by atoms with Gasteiger partial charge in [0, 0.05) is 26.4 Å². The third kappa shape index (κ3) is 19.7. The van der Waals surface area contributed by atoms with Crippen molar-refractivity contribution in [2.24, 2.45) is 0 Å². The maximum atomic E-state index is 6.41. The van der Waals surface area contributed by atoms with Gasteiger partial charge in [0.15, 0.2) is 25.2 Å². The van der Waals surface area contributed by atoms with Crippen LogP contribution >= 0.6 is 0 Å². The van der Waals surface area contributed by atoms with Crippen molar-refractivity contribution in [3.63, 3.8) is 0 Å². The smallest absolute Gasteiger partial charge is 0.180 e. The fourth-order valence-corrected chi connectivity index (χ4v) is 4.65. The lowest BCUT2D eigenvalue weighted by atomic mass is 10.2. The minimum atomic E-state index is -0.562. The molecular formula is C38H58O7. The molecule has 2 unspecified atom stereocenters. The van der Waals surface area contributed by atoms with Crippen LogP contribution in [-0.4, -0.2) is 51.6 Å². The lowest BCUT2D eigenvalue weighted by Gasteiger charge is -2.22. The van der Waals surface area contributed by atoms with Crippen molar-refractivity contribution in [1.82, 2.24) is 0 Å². The normalized spacial score (nSPS) is 13.5. The Morgan fingerprint density at radius 1 is 0.489 bits per heavy atom. The van der Waals surface area contributed by atoms with Crippen LogP contribution in [0.3, 0.4) is 0 Å². The first-order valence-corrected chi connectivity index (χ1v) is 16.9. The van der Waals surface area contributed by atoms with Crippen molar-refractivity contribution in [1.29, 1.82) is 0 Å². The molecule has 0 aliphatic heterocycles. The highest BCUT2D eigenvalue weighted by Crippen LogP contribution is 2.15. The highest BCUT2D eigenvalue weighted by atomic mass is 16.8. The first kappa shape index (κ1) is 38.8. The molecule has 45 heavy (non-hydrogen) atoms. The van der Waals surface area contributed by atoms with E-state index in [-0.39, 0.29) is 12.6 Å². The molecule has 0 heterocycles. The Balaban J connectivity index is 1.99. The largest absolute Gasteiger partial charge is 0.353 e. The summed E-state index contributed by atoms with van der Waals surface area (Å²) in [5.41, 5.74) is 2.18. The fourth-order valence-electron chi connectivity index (χ4n) is 4.65. The second-order valence-electron chi connectivity index (χ2n) is 10.6. The van der Waals surface area contributed by atoms with Gasteiger partial charge >= 0.3 is 0 Å². The third-order valence-corrected chi connectivity index (χ3v) is 6.90. The van der Waals surface area contributed by atoms with E-state index in [1.807, 2.05) is 76.2 Å². The quantitative estimate of drug-likeness (QED) is 0.0530. The predicted octanol–water partition coefficient (Wildman–Crippen LogP) is 9.12. The Labute approximate surface area is 272 Å². The molecule has 252 valence electrons. The van der Waals surface area contributed by atoms with Gasteiger partial charge in [0.25, 0.3) is 0 Å². The first-order chi connectivity index (χ1) is 22.2. The molecule has 2 rings (SSSR count). The number of ether oxygens (including phenoxy) is 7. The zero-order valence-electron chi connectivity index (χ0n) is 28.1. The van der Waals surface area contributed by atoms with Crippen LogP contribution in [0.5, 0.6) is 0 Å². The van der Waals surface area contributed by atoms with Gasteiger partial charge in [-0.15, -0.1) is 0 Å². The molecule has 0 aliphatic carbocycles. The summed E-state index contributed by atoms with van der Waals surface area (Å²) in [5, 5.41) is 0. The van der Waals surface area contributed by atoms with E-state index in [2.05, 4.69) is 36.4 Å². The van der Waals surface area contributed by atoms with Gasteiger partial charge in [-0.1, -0.05) is 72.8 Å². The first-order valence-electron chi connectivity index (χ1n) is 16.9. The number of benzene rings is 2. The van der Waals surface area contributed by atoms with Crippen molar-refractivity contribution >= 4 is 0 Å². The van der Waals surface area contributed by atoms with Gasteiger partial charge in [-0.2, -0.15) is 0 Å². The van der Waals surface area contributed by atoms with Crippen LogP contribution in [0.25, 0.3) is 0 Å². The SMILES string of the molecule is CCOC(CCCCC=CC(OCc1ccccc1)OC(C=CCCCCC(OCC)OCC)OCc1ccccc1)OCC. The van der Waals surface area contributed by atoms with Crippen molar-refractivity contribution in [3.8, 4) is 0 Å². The Morgan fingerprint density at radius 3 is 1.22 bits per heavy atom. The number of rotatable bonds is 28. The summed E-state index contributed by atoms with van der Waals surface area (Å²) in [6.07, 6.45) is 14.6. The number of hydrogen-bond donors (Lipinski definition) is 0. The molecule has 0 bridgehead atoms. The van der Waals surface area contributed by atoms with Crippen LogP contribution in [0.15, 0.2) is 85.0 Å². The summed E-state index contributed by atoms with van der Waals surface area (Å²) in [7, 11) is 0. The minimum absolute atomic E-state index is 0.126. The minimum Gasteiger partial charge on any atom is -0.353 e. The van der Waals surface area contributed by atoms with E-state index >= 15 is 0 Å². The highest BCUT2D eigenvalue weighted by molar-refractivity contribution is 5.14. The summed E-state index contributed by atoms with van der Waals surface area (Å²) in [6.45, 7) is 11.5. The van der Waals surface area contributed by atoms with E-state index in [0.29, 0.717) is 39.6 Å². The van der Waals surface area contributed by atoms with Gasteiger partial charge in [-0.25, -0.2) is 0 Å². The van der Waals surface area contributed by atoms with Gasteiger partial charge in [0.05, 0.1) is 13.2 Å². The van der Waals surface area contributed by atoms with Crippen molar-refractivity contribution < 1.29 is 33.2 Å². The van der Waals surface area contributed by atoms with Crippen molar-refractivity contribution in [3.05, 3.63) is 96.1 Å². The van der Waals surface area contributed by atoms with E-state index in [1.165, 1.54) is 0 Å². The standard InChI is InChI=1S/C38H58O7/c1-5-39-35(40-6-2)27-19-9-11-21-29-37(43-31-33-23-15-13-16-24-33)45-38(44-32-34-25-17-14-18-26-34)30-22-12-10-20-28-36(41-7-3)42-8-4/h13-18,21-26,29-30,35-38H,5-12,19-20,27-28,31-32H2,1-4H3. The average Bonchev–Trinajstić information content (AvgIpc) is 3.06. The molecule has 0 fully saturated rings. The number of hydrogen-bond acceptors (Lipinski definition) is 7. The van der Waals surface area contributed by atoms with E-state index in [9.17, 15) is 0 Å². The third-order valence-electron chi connectivity index (χ3n) is 6.90. The van der Waals surface area contributed by atoms with Crippen LogP contribution in [0.1, 0.15) is 90.2 Å². The summed E-state index contributed by atoms with van der Waals surface area (Å²) >= 11 is 0. The van der Waals surface area contributed by atoms with Crippen LogP contribution in [0.4, 0.5) is 0 Å². The van der Waals surface area contributed by atoms with Gasteiger partial charge < -0.3 is 33.2 Å². The van der Waals surface area contributed by atoms with Gasteiger partial charge in [-0.05, 0) is 102 Å². The molecule has 0 amide bonds. The van der Waals surface area contributed by atoms with E-state index in [1.54, 1.807) is 0 Å². The van der Waals surface area contributed by atoms with Crippen molar-refractivity contribution in [2.45, 2.75) is 117 Å². The van der Waals surface area contributed by atoms with E-state index in [4.69, 9.17) is 33.2 Å². The molecular weight excluding hydrogens is 568 g/mol. The van der Waals surface area contributed by atoms with Gasteiger partial charge in [0.1, 0.15) is 0 Å². The molecule has 7 nitrogen and oxygen atoms in total. The monoisotopic (exact) mass is 626 g/mol. The molecule has 2 aromatic rings. The maximum absolute atomic E-state index is 6.41. The molecule has 0 saturated carbocycles. The van der Waals surface area contributed by atoms with Crippen molar-refractivity contribution in [2.75, 3.05) is 26.4 Å². The molecule has 0 radical (unpaired) electrons. The van der Waals surface area contributed by atoms with E-state index < -0.39 is 12.6 Å². The molecule has 0 aromatic heterocycles. The second-order valence-corrected chi connectivity index (χ2v) is 10.6. The molecule has 0 spiro atoms. The molecule has 0 saturated heterocycles. The Hall–Kier alpha value is -2.36. The lowest BCUT2D eigenvalue weighted by Crippen LogP contribution is -2.24. The Morgan fingerprint density at radius 2 is 0.867 bits per heavy atom. The molecule has 0 N–H and O–H groups in total. The summed E-state index contributed by atoms with van der Waals surface area (Å²) in [4.78, 5) is 0. The lowest BCUT2D eigenvalue weighted by molar-refractivity contribution is -0.215. The van der Waals surface area contributed by atoms with E-state index in [0.717, 1.165) is 62.5 Å². The average molecular weight is 627 g/mol. The number of allylic oxidation sites excluding steroid dienone is 2. The zero-order chi connectivity index (χ0) is 32.2. The molecule has 0 aliphatic rings. The second kappa shape index (κ2) is 26.8. The summed E-state index contributed by atoms with van der Waals surface area (Å²) in [5.74, 6) is 0. The van der Waals surface area contributed by atoms with Gasteiger partial charge in [-0.3, -0.25) is 0 Å². The summed E-state index contributed by atoms with van der Waals surface area (Å²) < 4.78 is 41.6. The maximum Gasteiger partial charge on any atom is 0.180 e. The highest BCUT2D eigenvalue weighted by Gasteiger charge is 2.15. The Kier molecular flexibility index (Phi) is 23.1. The fraction of sp³-hybridized carbons (Fsp3) is 0.579. The molecule has 2 atom stereocenters. The Bertz CT molecular complexity index is 891. The molecule has 7 heteroatoms. The summed E-state index contributed by atoms with van der Waals surface area (Å²) in [6, 6.07) is 20.3. The molecule has 2 aromatic carbocycles. The van der Waals surface area contributed by atoms with Crippen LogP contribution in [0.2, 0.25) is 0 Å². The van der Waals surface area contributed by atoms with Crippen LogP contribution < -0.4 is 0 Å². The number of unbranched alkanes of at least 4 members (excludes halogenated alkanes) is 4. The van der Waals surface area contributed by atoms with Crippen LogP contribution in [-0.2, 0) is 46.4 Å². The van der Waals surface area contributed by atoms with Gasteiger partial charge in [0.2, 0.25) is 0 Å². The zero-order valence-corrected chi connectivity index (χ0v) is 28.1.